The average Bonchev–Trinajstić information content (AvgIpc) is 2.08. The van der Waals surface area contributed by atoms with Crippen LogP contribution in [0.25, 0.3) is 0 Å². The summed E-state index contributed by atoms with van der Waals surface area (Å²) in [5, 5.41) is 2.98. The van der Waals surface area contributed by atoms with Crippen LogP contribution in [0.4, 0.5) is 13.2 Å². The predicted octanol–water partition coefficient (Wildman–Crippen LogP) is 1.78. The molecule has 2 nitrogen and oxygen atoms in total. The van der Waals surface area contributed by atoms with Gasteiger partial charge in [0.1, 0.15) is 0 Å². The van der Waals surface area contributed by atoms with Crippen molar-refractivity contribution in [3.63, 3.8) is 0 Å². The third-order valence-electron chi connectivity index (χ3n) is 0.764. The topological polar surface area (TPSA) is 17.8 Å². The molecule has 0 aliphatic carbocycles. The van der Waals surface area contributed by atoms with Crippen molar-refractivity contribution in [1.29, 1.82) is 0 Å². The van der Waals surface area contributed by atoms with Crippen LogP contribution in [0.2, 0.25) is 0 Å². The van der Waals surface area contributed by atoms with E-state index < -0.39 is 6.30 Å². The van der Waals surface area contributed by atoms with E-state index in [0.717, 1.165) is 12.4 Å². The standard InChI is InChI=1S/C4H3F3N2.ClH/c5-4(6,7)9-3-1-2-8-9;/h1-3H;1H. The Balaban J connectivity index is 0.000000810. The normalized spacial score (nSPS) is 10.7. The van der Waals surface area contributed by atoms with Gasteiger partial charge in [0.2, 0.25) is 0 Å². The van der Waals surface area contributed by atoms with E-state index in [1.165, 1.54) is 6.07 Å². The molecule has 1 aromatic rings. The first kappa shape index (κ1) is 9.29. The number of alkyl halides is 3. The molecule has 0 saturated heterocycles. The molecule has 1 rings (SSSR count). The van der Waals surface area contributed by atoms with Crippen LogP contribution in [-0.4, -0.2) is 9.78 Å². The molecule has 1 aromatic heterocycles. The molecule has 0 aliphatic heterocycles. The van der Waals surface area contributed by atoms with E-state index in [1.54, 1.807) is 0 Å². The van der Waals surface area contributed by atoms with Crippen molar-refractivity contribution >= 4 is 12.4 Å². The van der Waals surface area contributed by atoms with Crippen LogP contribution in [0.15, 0.2) is 18.5 Å². The van der Waals surface area contributed by atoms with Crippen molar-refractivity contribution in [2.45, 2.75) is 6.30 Å². The summed E-state index contributed by atoms with van der Waals surface area (Å²) in [6.07, 6.45) is -2.45. The minimum absolute atomic E-state index is 0. The molecule has 0 saturated carbocycles. The Hall–Kier alpha value is -0.710. The highest BCUT2D eigenvalue weighted by Crippen LogP contribution is 2.19. The monoisotopic (exact) mass is 172 g/mol. The summed E-state index contributed by atoms with van der Waals surface area (Å²) in [5.74, 6) is 0. The molecule has 0 atom stereocenters. The van der Waals surface area contributed by atoms with Crippen molar-refractivity contribution in [3.05, 3.63) is 18.5 Å². The van der Waals surface area contributed by atoms with Crippen LogP contribution in [-0.2, 0) is 6.30 Å². The van der Waals surface area contributed by atoms with Crippen LogP contribution in [0, 0.1) is 0 Å². The van der Waals surface area contributed by atoms with Crippen molar-refractivity contribution in [2.24, 2.45) is 0 Å². The summed E-state index contributed by atoms with van der Waals surface area (Å²) in [5.41, 5.74) is 0. The number of nitrogens with zero attached hydrogens (tertiary/aromatic N) is 2. The van der Waals surface area contributed by atoms with Gasteiger partial charge in [-0.25, -0.2) is 0 Å². The molecule has 0 amide bonds. The van der Waals surface area contributed by atoms with Gasteiger partial charge in [0.05, 0.1) is 0 Å². The highest BCUT2D eigenvalue weighted by atomic mass is 35.5. The van der Waals surface area contributed by atoms with Gasteiger partial charge in [-0.2, -0.15) is 9.78 Å². The Morgan fingerprint density at radius 1 is 1.30 bits per heavy atom. The third-order valence-corrected chi connectivity index (χ3v) is 0.764. The van der Waals surface area contributed by atoms with Crippen LogP contribution < -0.4 is 0 Å². The van der Waals surface area contributed by atoms with E-state index in [0.29, 0.717) is 0 Å². The Kier molecular flexibility index (Phi) is 2.71. The summed E-state index contributed by atoms with van der Waals surface area (Å²) in [7, 11) is 0. The minimum Gasteiger partial charge on any atom is -0.179 e. The summed E-state index contributed by atoms with van der Waals surface area (Å²) in [6.45, 7) is 0. The molecule has 0 radical (unpaired) electrons. The van der Waals surface area contributed by atoms with Gasteiger partial charge in [0.25, 0.3) is 0 Å². The summed E-state index contributed by atoms with van der Waals surface area (Å²) in [6, 6.07) is 1.22. The fourth-order valence-corrected chi connectivity index (χ4v) is 0.419. The molecule has 0 aliphatic rings. The summed E-state index contributed by atoms with van der Waals surface area (Å²) in [4.78, 5) is 0. The van der Waals surface area contributed by atoms with E-state index in [2.05, 4.69) is 5.10 Å². The van der Waals surface area contributed by atoms with Crippen LogP contribution in [0.5, 0.6) is 0 Å². The first-order valence-corrected chi connectivity index (χ1v) is 2.17. The molecule has 58 valence electrons. The lowest BCUT2D eigenvalue weighted by Crippen LogP contribution is -2.16. The molecule has 0 unspecified atom stereocenters. The molecular formula is C4H4ClF3N2. The second kappa shape index (κ2) is 2.92. The summed E-state index contributed by atoms with van der Waals surface area (Å²) < 4.78 is 34.5. The highest BCUT2D eigenvalue weighted by Gasteiger charge is 2.30. The van der Waals surface area contributed by atoms with Gasteiger partial charge >= 0.3 is 6.30 Å². The lowest BCUT2D eigenvalue weighted by molar-refractivity contribution is -0.212. The lowest BCUT2D eigenvalue weighted by Gasteiger charge is -2.03. The maximum Gasteiger partial charge on any atom is 0.504 e. The molecule has 0 N–H and O–H groups in total. The average molecular weight is 173 g/mol. The zero-order valence-corrected chi connectivity index (χ0v) is 5.49. The van der Waals surface area contributed by atoms with Crippen LogP contribution in [0.3, 0.4) is 0 Å². The first-order chi connectivity index (χ1) is 4.11. The molecule has 0 aromatic carbocycles. The second-order valence-corrected chi connectivity index (χ2v) is 1.42. The predicted molar refractivity (Wildman–Crippen MR) is 30.8 cm³/mol. The zero-order valence-electron chi connectivity index (χ0n) is 4.67. The van der Waals surface area contributed by atoms with Gasteiger partial charge in [0.15, 0.2) is 0 Å². The number of aromatic nitrogens is 2. The van der Waals surface area contributed by atoms with Crippen molar-refractivity contribution in [1.82, 2.24) is 9.78 Å². The molecule has 6 heteroatoms. The van der Waals surface area contributed by atoms with E-state index in [1.807, 2.05) is 0 Å². The second-order valence-electron chi connectivity index (χ2n) is 1.42. The molecule has 10 heavy (non-hydrogen) atoms. The third kappa shape index (κ3) is 1.91. The van der Waals surface area contributed by atoms with E-state index in [9.17, 15) is 13.2 Å². The molecule has 0 fully saturated rings. The van der Waals surface area contributed by atoms with Crippen LogP contribution in [0.1, 0.15) is 0 Å². The fraction of sp³-hybridized carbons (Fsp3) is 0.250. The van der Waals surface area contributed by atoms with Gasteiger partial charge < -0.3 is 0 Å². The maximum absolute atomic E-state index is 11.5. The smallest absolute Gasteiger partial charge is 0.179 e. The number of hydrogen-bond donors (Lipinski definition) is 0. The Morgan fingerprint density at radius 2 is 1.90 bits per heavy atom. The Bertz CT molecular complexity index is 181. The first-order valence-electron chi connectivity index (χ1n) is 2.17. The van der Waals surface area contributed by atoms with Crippen molar-refractivity contribution in [3.8, 4) is 0 Å². The molecule has 0 spiro atoms. The number of rotatable bonds is 0. The quantitative estimate of drug-likeness (QED) is 0.583. The highest BCUT2D eigenvalue weighted by molar-refractivity contribution is 5.85. The zero-order chi connectivity index (χ0) is 6.91. The van der Waals surface area contributed by atoms with Crippen molar-refractivity contribution in [2.75, 3.05) is 0 Å². The minimum atomic E-state index is -4.37. The Labute approximate surface area is 61.1 Å². The SMILES string of the molecule is Cl.FC(F)(F)n1cccn1. The molecular weight excluding hydrogens is 169 g/mol. The molecule has 1 heterocycles. The van der Waals surface area contributed by atoms with E-state index in [-0.39, 0.29) is 17.1 Å². The number of halogens is 4. The lowest BCUT2D eigenvalue weighted by atomic mass is 10.8. The van der Waals surface area contributed by atoms with E-state index in [4.69, 9.17) is 0 Å². The molecule has 0 bridgehead atoms. The maximum atomic E-state index is 11.5. The van der Waals surface area contributed by atoms with Gasteiger partial charge in [0, 0.05) is 12.4 Å². The Morgan fingerprint density at radius 3 is 2.10 bits per heavy atom. The van der Waals surface area contributed by atoms with Gasteiger partial charge in [-0.15, -0.1) is 25.6 Å². The number of hydrogen-bond acceptors (Lipinski definition) is 1. The summed E-state index contributed by atoms with van der Waals surface area (Å²) >= 11 is 0. The van der Waals surface area contributed by atoms with Gasteiger partial charge in [-0.1, -0.05) is 0 Å². The fourth-order valence-electron chi connectivity index (χ4n) is 0.419. The largest absolute Gasteiger partial charge is 0.504 e. The van der Waals surface area contributed by atoms with Crippen molar-refractivity contribution < 1.29 is 13.2 Å². The van der Waals surface area contributed by atoms with Gasteiger partial charge in [-0.3, -0.25) is 0 Å². The van der Waals surface area contributed by atoms with Gasteiger partial charge in [-0.05, 0) is 6.07 Å². The van der Waals surface area contributed by atoms with E-state index >= 15 is 0 Å². The van der Waals surface area contributed by atoms with Crippen LogP contribution >= 0.6 is 12.4 Å².